The van der Waals surface area contributed by atoms with Crippen LogP contribution in [0.1, 0.15) is 26.3 Å². The average molecular weight is 289 g/mol. The number of hydrogen-bond donors (Lipinski definition) is 2. The third-order valence-electron chi connectivity index (χ3n) is 2.75. The highest BCUT2D eigenvalue weighted by Crippen LogP contribution is 2.11. The molecule has 2 amide bonds. The minimum absolute atomic E-state index is 0.225. The number of hydrogen-bond acceptors (Lipinski definition) is 2. The van der Waals surface area contributed by atoms with Gasteiger partial charge in [-0.3, -0.25) is 9.59 Å². The van der Waals surface area contributed by atoms with E-state index in [0.29, 0.717) is 22.7 Å². The molecule has 0 aromatic heterocycles. The normalized spacial score (nSPS) is 10.1. The number of carbonyl (C=O) groups excluding carboxylic acids is 2. The van der Waals surface area contributed by atoms with E-state index in [0.717, 1.165) is 5.56 Å². The molecule has 0 heterocycles. The van der Waals surface area contributed by atoms with Crippen LogP contribution in [0.2, 0.25) is 5.02 Å². The molecule has 0 fully saturated rings. The van der Waals surface area contributed by atoms with E-state index >= 15 is 0 Å². The van der Waals surface area contributed by atoms with E-state index < -0.39 is 5.91 Å². The number of benzene rings is 2. The maximum absolute atomic E-state index is 11.9. The number of carbonyl (C=O) groups is 2. The van der Waals surface area contributed by atoms with E-state index in [2.05, 4.69) is 5.32 Å². The summed E-state index contributed by atoms with van der Waals surface area (Å²) in [6.45, 7) is 0.312. The molecule has 0 spiro atoms. The molecular weight excluding hydrogens is 276 g/mol. The lowest BCUT2D eigenvalue weighted by atomic mass is 10.1. The molecule has 102 valence electrons. The maximum atomic E-state index is 11.9. The fourth-order valence-electron chi connectivity index (χ4n) is 1.75. The van der Waals surface area contributed by atoms with Gasteiger partial charge in [-0.25, -0.2) is 0 Å². The van der Waals surface area contributed by atoms with Crippen molar-refractivity contribution in [3.8, 4) is 0 Å². The number of amides is 2. The molecule has 0 atom stereocenters. The first-order valence-electron chi connectivity index (χ1n) is 5.99. The molecule has 3 N–H and O–H groups in total. The van der Waals surface area contributed by atoms with Crippen molar-refractivity contribution < 1.29 is 9.59 Å². The van der Waals surface area contributed by atoms with Crippen molar-refractivity contribution in [3.05, 3.63) is 70.2 Å². The molecule has 5 heteroatoms. The Morgan fingerprint density at radius 3 is 2.45 bits per heavy atom. The smallest absolute Gasteiger partial charge is 0.251 e. The van der Waals surface area contributed by atoms with Crippen molar-refractivity contribution >= 4 is 23.4 Å². The summed E-state index contributed by atoms with van der Waals surface area (Å²) >= 11 is 5.83. The summed E-state index contributed by atoms with van der Waals surface area (Å²) in [6, 6.07) is 13.5. The second-order valence-electron chi connectivity index (χ2n) is 4.26. The summed E-state index contributed by atoms with van der Waals surface area (Å²) in [5.41, 5.74) is 6.91. The van der Waals surface area contributed by atoms with E-state index in [-0.39, 0.29) is 5.91 Å². The van der Waals surface area contributed by atoms with Crippen molar-refractivity contribution in [1.82, 2.24) is 5.32 Å². The molecule has 0 radical (unpaired) electrons. The van der Waals surface area contributed by atoms with Gasteiger partial charge in [-0.15, -0.1) is 0 Å². The summed E-state index contributed by atoms with van der Waals surface area (Å²) < 4.78 is 0. The minimum Gasteiger partial charge on any atom is -0.366 e. The molecule has 0 unspecified atom stereocenters. The number of primary amides is 1. The molecule has 2 rings (SSSR count). The summed E-state index contributed by atoms with van der Waals surface area (Å²) in [5, 5.41) is 3.27. The zero-order valence-electron chi connectivity index (χ0n) is 10.6. The van der Waals surface area contributed by atoms with Gasteiger partial charge in [0.25, 0.3) is 5.91 Å². The quantitative estimate of drug-likeness (QED) is 0.906. The predicted octanol–water partition coefficient (Wildman–Crippen LogP) is 2.37. The van der Waals surface area contributed by atoms with Gasteiger partial charge in [0.15, 0.2) is 0 Å². The molecule has 0 aliphatic rings. The number of rotatable bonds is 4. The summed E-state index contributed by atoms with van der Waals surface area (Å²) in [4.78, 5) is 23.0. The van der Waals surface area contributed by atoms with Gasteiger partial charge in [-0.05, 0) is 35.9 Å². The lowest BCUT2D eigenvalue weighted by Crippen LogP contribution is -2.23. The van der Waals surface area contributed by atoms with Gasteiger partial charge in [-0.1, -0.05) is 29.8 Å². The molecule has 0 bridgehead atoms. The van der Waals surface area contributed by atoms with Crippen LogP contribution in [0.15, 0.2) is 48.5 Å². The van der Waals surface area contributed by atoms with Crippen LogP contribution in [-0.2, 0) is 6.54 Å². The topological polar surface area (TPSA) is 72.2 Å². The first-order chi connectivity index (χ1) is 9.56. The van der Waals surface area contributed by atoms with Gasteiger partial charge < -0.3 is 11.1 Å². The van der Waals surface area contributed by atoms with Gasteiger partial charge >= 0.3 is 0 Å². The fourth-order valence-corrected chi connectivity index (χ4v) is 1.94. The Labute approximate surface area is 121 Å². The van der Waals surface area contributed by atoms with Gasteiger partial charge in [0.1, 0.15) is 0 Å². The highest BCUT2D eigenvalue weighted by atomic mass is 35.5. The van der Waals surface area contributed by atoms with Crippen LogP contribution < -0.4 is 11.1 Å². The molecule has 0 aliphatic carbocycles. The third kappa shape index (κ3) is 3.59. The van der Waals surface area contributed by atoms with Crippen LogP contribution in [0.25, 0.3) is 0 Å². The highest BCUT2D eigenvalue weighted by Gasteiger charge is 2.06. The van der Waals surface area contributed by atoms with E-state index in [1.54, 1.807) is 42.5 Å². The largest absolute Gasteiger partial charge is 0.366 e. The Morgan fingerprint density at radius 2 is 1.75 bits per heavy atom. The van der Waals surface area contributed by atoms with Gasteiger partial charge in [0, 0.05) is 22.7 Å². The third-order valence-corrected chi connectivity index (χ3v) is 2.99. The van der Waals surface area contributed by atoms with Gasteiger partial charge in [-0.2, -0.15) is 0 Å². The van der Waals surface area contributed by atoms with Crippen LogP contribution in [0.5, 0.6) is 0 Å². The molecule has 2 aromatic rings. The Balaban J connectivity index is 2.03. The maximum Gasteiger partial charge on any atom is 0.251 e. The molecule has 0 aliphatic heterocycles. The van der Waals surface area contributed by atoms with E-state index in [1.165, 1.54) is 0 Å². The number of halogens is 1. The molecule has 20 heavy (non-hydrogen) atoms. The Bertz CT molecular complexity index is 656. The van der Waals surface area contributed by atoms with Crippen molar-refractivity contribution in [2.45, 2.75) is 6.54 Å². The van der Waals surface area contributed by atoms with Crippen molar-refractivity contribution in [3.63, 3.8) is 0 Å². The second kappa shape index (κ2) is 6.21. The van der Waals surface area contributed by atoms with E-state index in [4.69, 9.17) is 17.3 Å². The van der Waals surface area contributed by atoms with Crippen LogP contribution in [0, 0.1) is 0 Å². The standard InChI is InChI=1S/C15H13ClN2O2/c16-13-6-2-5-12(8-13)15(20)18-9-10-3-1-4-11(7-10)14(17)19/h1-8H,9H2,(H2,17,19)(H,18,20). The molecule has 4 nitrogen and oxygen atoms in total. The molecule has 2 aromatic carbocycles. The Hall–Kier alpha value is -2.33. The number of nitrogens with one attached hydrogen (secondary N) is 1. The van der Waals surface area contributed by atoms with Crippen LogP contribution in [0.3, 0.4) is 0 Å². The Kier molecular flexibility index (Phi) is 4.38. The SMILES string of the molecule is NC(=O)c1cccc(CNC(=O)c2cccc(Cl)c2)c1. The lowest BCUT2D eigenvalue weighted by molar-refractivity contribution is 0.0950. The fraction of sp³-hybridized carbons (Fsp3) is 0.0667. The first kappa shape index (κ1) is 14.1. The molecular formula is C15H13ClN2O2. The van der Waals surface area contributed by atoms with Crippen molar-refractivity contribution in [1.29, 1.82) is 0 Å². The summed E-state index contributed by atoms with van der Waals surface area (Å²) in [6.07, 6.45) is 0. The lowest BCUT2D eigenvalue weighted by Gasteiger charge is -2.06. The van der Waals surface area contributed by atoms with Crippen LogP contribution >= 0.6 is 11.6 Å². The predicted molar refractivity (Wildman–Crippen MR) is 77.6 cm³/mol. The average Bonchev–Trinajstić information content (AvgIpc) is 2.45. The zero-order valence-corrected chi connectivity index (χ0v) is 11.4. The Morgan fingerprint density at radius 1 is 1.05 bits per heavy atom. The summed E-state index contributed by atoms with van der Waals surface area (Å²) in [5.74, 6) is -0.718. The summed E-state index contributed by atoms with van der Waals surface area (Å²) in [7, 11) is 0. The molecule has 0 saturated carbocycles. The molecule has 0 saturated heterocycles. The van der Waals surface area contributed by atoms with Gasteiger partial charge in [0.05, 0.1) is 0 Å². The van der Waals surface area contributed by atoms with Crippen molar-refractivity contribution in [2.75, 3.05) is 0 Å². The number of nitrogens with two attached hydrogens (primary N) is 1. The second-order valence-corrected chi connectivity index (χ2v) is 4.69. The van der Waals surface area contributed by atoms with Gasteiger partial charge in [0.2, 0.25) is 5.91 Å². The van der Waals surface area contributed by atoms with Crippen LogP contribution in [0.4, 0.5) is 0 Å². The van der Waals surface area contributed by atoms with E-state index in [1.807, 2.05) is 6.07 Å². The zero-order chi connectivity index (χ0) is 14.5. The minimum atomic E-state index is -0.493. The van der Waals surface area contributed by atoms with E-state index in [9.17, 15) is 9.59 Å². The van der Waals surface area contributed by atoms with Crippen LogP contribution in [-0.4, -0.2) is 11.8 Å². The van der Waals surface area contributed by atoms with Crippen molar-refractivity contribution in [2.24, 2.45) is 5.73 Å². The first-order valence-corrected chi connectivity index (χ1v) is 6.36. The monoisotopic (exact) mass is 288 g/mol. The highest BCUT2D eigenvalue weighted by molar-refractivity contribution is 6.30.